The minimum absolute atomic E-state index is 0.374. The molecule has 7 heteroatoms. The van der Waals surface area contributed by atoms with Gasteiger partial charge in [0.2, 0.25) is 0 Å². The second-order valence-corrected chi connectivity index (χ2v) is 8.25. The van der Waals surface area contributed by atoms with Gasteiger partial charge in [0.1, 0.15) is 4.70 Å². The van der Waals surface area contributed by atoms with Crippen LogP contribution >= 0.6 is 22.9 Å². The minimum atomic E-state index is -0.500. The third kappa shape index (κ3) is 2.88. The first-order chi connectivity index (χ1) is 14.0. The number of aryl methyl sites for hydroxylation is 1. The molecule has 0 amide bonds. The van der Waals surface area contributed by atoms with E-state index >= 15 is 0 Å². The Hall–Kier alpha value is -3.22. The van der Waals surface area contributed by atoms with Gasteiger partial charge in [0.15, 0.2) is 0 Å². The summed E-state index contributed by atoms with van der Waals surface area (Å²) in [7, 11) is 0. The van der Waals surface area contributed by atoms with Gasteiger partial charge in [0, 0.05) is 32.4 Å². The molecule has 0 aliphatic rings. The Kier molecular flexibility index (Phi) is 4.12. The van der Waals surface area contributed by atoms with Gasteiger partial charge in [0.05, 0.1) is 17.4 Å². The van der Waals surface area contributed by atoms with Gasteiger partial charge in [-0.2, -0.15) is 0 Å². The predicted molar refractivity (Wildman–Crippen MR) is 119 cm³/mol. The van der Waals surface area contributed by atoms with Crippen molar-refractivity contribution >= 4 is 43.9 Å². The van der Waals surface area contributed by atoms with Gasteiger partial charge in [0.25, 0.3) is 5.56 Å². The van der Waals surface area contributed by atoms with E-state index in [2.05, 4.69) is 9.97 Å². The van der Waals surface area contributed by atoms with E-state index in [1.807, 2.05) is 49.4 Å². The van der Waals surface area contributed by atoms with Crippen molar-refractivity contribution in [2.45, 2.75) is 6.92 Å². The molecule has 0 aliphatic carbocycles. The van der Waals surface area contributed by atoms with Gasteiger partial charge in [-0.05, 0) is 24.6 Å². The smallest absolute Gasteiger partial charge is 0.306 e. The normalized spacial score (nSPS) is 11.4. The van der Waals surface area contributed by atoms with E-state index in [0.29, 0.717) is 20.9 Å². The van der Waals surface area contributed by atoms with Crippen molar-refractivity contribution in [3.05, 3.63) is 92.3 Å². The Labute approximate surface area is 173 Å². The van der Waals surface area contributed by atoms with E-state index in [-0.39, 0.29) is 5.56 Å². The molecule has 5 rings (SSSR count). The molecular formula is C22H14ClN3O2S. The topological polar surface area (TPSA) is 67.8 Å². The van der Waals surface area contributed by atoms with E-state index in [9.17, 15) is 9.59 Å². The summed E-state index contributed by atoms with van der Waals surface area (Å²) in [5.74, 6) is 0. The number of hydrogen-bond acceptors (Lipinski definition) is 4. The number of hydrogen-bond donors (Lipinski definition) is 1. The molecule has 5 aromatic rings. The predicted octanol–water partition coefficient (Wildman–Crippen LogP) is 4.92. The fourth-order valence-corrected chi connectivity index (χ4v) is 4.93. The molecule has 29 heavy (non-hydrogen) atoms. The van der Waals surface area contributed by atoms with Gasteiger partial charge in [-0.1, -0.05) is 48.0 Å². The number of pyridine rings is 1. The molecule has 0 atom stereocenters. The molecule has 0 fully saturated rings. The second-order valence-electron chi connectivity index (χ2n) is 6.79. The zero-order chi connectivity index (χ0) is 20.1. The Bertz CT molecular complexity index is 1530. The zero-order valence-corrected chi connectivity index (χ0v) is 16.8. The quantitative estimate of drug-likeness (QED) is 0.441. The highest BCUT2D eigenvalue weighted by molar-refractivity contribution is 7.22. The highest BCUT2D eigenvalue weighted by Gasteiger charge is 2.16. The van der Waals surface area contributed by atoms with Gasteiger partial charge >= 0.3 is 5.69 Å². The van der Waals surface area contributed by atoms with E-state index in [1.54, 1.807) is 12.3 Å². The number of aromatic nitrogens is 3. The molecule has 0 aliphatic heterocycles. The van der Waals surface area contributed by atoms with Crippen LogP contribution in [-0.2, 0) is 0 Å². The number of rotatable bonds is 2. The number of nitrogens with one attached hydrogen (secondary N) is 1. The molecule has 2 aromatic carbocycles. The van der Waals surface area contributed by atoms with Crippen molar-refractivity contribution in [1.82, 2.24) is 14.5 Å². The molecule has 0 radical (unpaired) electrons. The minimum Gasteiger partial charge on any atom is -0.306 e. The summed E-state index contributed by atoms with van der Waals surface area (Å²) in [4.78, 5) is 33.9. The lowest BCUT2D eigenvalue weighted by Gasteiger charge is -2.07. The van der Waals surface area contributed by atoms with Crippen LogP contribution in [0.1, 0.15) is 5.56 Å². The molecule has 0 unspecified atom stereocenters. The lowest BCUT2D eigenvalue weighted by Crippen LogP contribution is -2.33. The maximum absolute atomic E-state index is 13.3. The number of halogens is 1. The largest absolute Gasteiger partial charge is 0.333 e. The van der Waals surface area contributed by atoms with E-state index < -0.39 is 5.69 Å². The Balaban J connectivity index is 1.79. The summed E-state index contributed by atoms with van der Waals surface area (Å²) in [5, 5.41) is 2.25. The highest BCUT2D eigenvalue weighted by Crippen LogP contribution is 2.35. The molecule has 5 nitrogen and oxygen atoms in total. The number of thiophene rings is 1. The van der Waals surface area contributed by atoms with Crippen LogP contribution in [0, 0.1) is 6.92 Å². The maximum atomic E-state index is 13.3. The first kappa shape index (κ1) is 17.8. The van der Waals surface area contributed by atoms with Crippen molar-refractivity contribution in [2.75, 3.05) is 0 Å². The Morgan fingerprint density at radius 2 is 1.90 bits per heavy atom. The SMILES string of the molecule is Cc1ccc(-c2cc3[nH]c(=O)n(-c4cncc5ccccc45)c(=O)c3s2)c(Cl)c1. The third-order valence-corrected chi connectivity index (χ3v) is 6.32. The van der Waals surface area contributed by atoms with Crippen molar-refractivity contribution in [2.24, 2.45) is 0 Å². The fourth-order valence-electron chi connectivity index (χ4n) is 3.46. The number of nitrogens with zero attached hydrogens (tertiary/aromatic N) is 2. The summed E-state index contributed by atoms with van der Waals surface area (Å²) < 4.78 is 1.61. The van der Waals surface area contributed by atoms with Crippen LogP contribution in [0.4, 0.5) is 0 Å². The van der Waals surface area contributed by atoms with Crippen molar-refractivity contribution in [1.29, 1.82) is 0 Å². The van der Waals surface area contributed by atoms with Crippen LogP contribution in [0.15, 0.2) is 70.5 Å². The maximum Gasteiger partial charge on any atom is 0.333 e. The average molecular weight is 420 g/mol. The number of H-pyrrole nitrogens is 1. The number of benzene rings is 2. The molecule has 142 valence electrons. The Morgan fingerprint density at radius 3 is 2.72 bits per heavy atom. The van der Waals surface area contributed by atoms with Gasteiger partial charge in [-0.3, -0.25) is 9.78 Å². The van der Waals surface area contributed by atoms with E-state index in [0.717, 1.165) is 31.3 Å². The van der Waals surface area contributed by atoms with Crippen LogP contribution in [0.3, 0.4) is 0 Å². The van der Waals surface area contributed by atoms with Crippen LogP contribution < -0.4 is 11.2 Å². The fraction of sp³-hybridized carbons (Fsp3) is 0.0455. The van der Waals surface area contributed by atoms with Crippen LogP contribution in [0.25, 0.3) is 37.1 Å². The summed E-state index contributed by atoms with van der Waals surface area (Å²) in [6, 6.07) is 15.1. The molecule has 0 saturated carbocycles. The lowest BCUT2D eigenvalue weighted by molar-refractivity contribution is 0.905. The lowest BCUT2D eigenvalue weighted by atomic mass is 10.1. The first-order valence-corrected chi connectivity index (χ1v) is 10.1. The average Bonchev–Trinajstić information content (AvgIpc) is 3.12. The number of fused-ring (bicyclic) bond motifs is 2. The Morgan fingerprint density at radius 1 is 1.07 bits per heavy atom. The molecular weight excluding hydrogens is 406 g/mol. The molecule has 3 heterocycles. The van der Waals surface area contributed by atoms with Gasteiger partial charge in [-0.25, -0.2) is 9.36 Å². The van der Waals surface area contributed by atoms with Crippen LogP contribution in [-0.4, -0.2) is 14.5 Å². The standard InChI is InChI=1S/C22H14ClN3O2S/c1-12-6-7-15(16(23)8-12)19-9-17-20(29-19)21(27)26(22(28)25-17)18-11-24-10-13-4-2-3-5-14(13)18/h2-11H,1H3,(H,25,28). The highest BCUT2D eigenvalue weighted by atomic mass is 35.5. The molecule has 0 saturated heterocycles. The summed E-state index contributed by atoms with van der Waals surface area (Å²) in [6.07, 6.45) is 3.25. The first-order valence-electron chi connectivity index (χ1n) is 8.91. The summed E-state index contributed by atoms with van der Waals surface area (Å²) in [5.41, 5.74) is 1.97. The zero-order valence-electron chi connectivity index (χ0n) is 15.3. The van der Waals surface area contributed by atoms with Crippen molar-refractivity contribution in [3.8, 4) is 16.1 Å². The molecule has 1 N–H and O–H groups in total. The van der Waals surface area contributed by atoms with Crippen LogP contribution in [0.2, 0.25) is 5.02 Å². The molecule has 0 bridgehead atoms. The third-order valence-electron chi connectivity index (χ3n) is 4.85. The summed E-state index contributed by atoms with van der Waals surface area (Å²) >= 11 is 7.71. The van der Waals surface area contributed by atoms with Crippen molar-refractivity contribution in [3.63, 3.8) is 0 Å². The molecule has 0 spiro atoms. The summed E-state index contributed by atoms with van der Waals surface area (Å²) in [6.45, 7) is 1.97. The van der Waals surface area contributed by atoms with E-state index in [1.165, 1.54) is 17.5 Å². The van der Waals surface area contributed by atoms with Gasteiger partial charge < -0.3 is 4.98 Å². The molecule has 3 aromatic heterocycles. The number of aromatic amines is 1. The monoisotopic (exact) mass is 419 g/mol. The van der Waals surface area contributed by atoms with Crippen LogP contribution in [0.5, 0.6) is 0 Å². The second kappa shape index (κ2) is 6.69. The van der Waals surface area contributed by atoms with Gasteiger partial charge in [-0.15, -0.1) is 11.3 Å². The van der Waals surface area contributed by atoms with Crippen molar-refractivity contribution < 1.29 is 0 Å². The van der Waals surface area contributed by atoms with E-state index in [4.69, 9.17) is 11.6 Å².